The number of fused-ring (bicyclic) bond motifs is 1. The number of amides is 3. The summed E-state index contributed by atoms with van der Waals surface area (Å²) in [4.78, 5) is 53.9. The molecule has 1 aliphatic carbocycles. The van der Waals surface area contributed by atoms with Crippen LogP contribution in [0.25, 0.3) is 21.8 Å². The predicted molar refractivity (Wildman–Crippen MR) is 162 cm³/mol. The lowest BCUT2D eigenvalue weighted by Crippen LogP contribution is -2.52. The number of carbonyl (C=O) groups excluding carboxylic acids is 3. The average Bonchev–Trinajstić information content (AvgIpc) is 3.48. The summed E-state index contributed by atoms with van der Waals surface area (Å²) in [6, 6.07) is 14.2. The number of rotatable bonds is 5. The first-order valence-electron chi connectivity index (χ1n) is 14.2. The van der Waals surface area contributed by atoms with Gasteiger partial charge in [0.05, 0.1) is 22.3 Å². The molecule has 6 rings (SSSR count). The highest BCUT2D eigenvalue weighted by atomic mass is 16.6. The second-order valence-electron chi connectivity index (χ2n) is 12.4. The Morgan fingerprint density at radius 2 is 1.57 bits per heavy atom. The number of alkyl carbamates (subject to hydrolysis) is 1. The van der Waals surface area contributed by atoms with Crippen molar-refractivity contribution in [1.82, 2.24) is 14.5 Å². The molecule has 0 radical (unpaired) electrons. The molecule has 10 heteroatoms. The minimum atomic E-state index is -0.593. The van der Waals surface area contributed by atoms with E-state index in [-0.39, 0.29) is 5.69 Å². The summed E-state index contributed by atoms with van der Waals surface area (Å²) in [6.45, 7) is 6.00. The van der Waals surface area contributed by atoms with Crippen LogP contribution in [0.5, 0.6) is 0 Å². The second-order valence-corrected chi connectivity index (χ2v) is 12.4. The van der Waals surface area contributed by atoms with Crippen molar-refractivity contribution in [1.29, 1.82) is 0 Å². The van der Waals surface area contributed by atoms with Crippen LogP contribution in [0.15, 0.2) is 53.3 Å². The maximum absolute atomic E-state index is 13.8. The van der Waals surface area contributed by atoms with E-state index in [1.165, 1.54) is 14.0 Å². The van der Waals surface area contributed by atoms with Crippen LogP contribution in [-0.2, 0) is 18.8 Å². The summed E-state index contributed by atoms with van der Waals surface area (Å²) >= 11 is 0. The number of anilines is 2. The smallest absolute Gasteiger partial charge is 0.408 e. The third kappa shape index (κ3) is 4.51. The third-order valence-corrected chi connectivity index (χ3v) is 8.37. The molecule has 2 heterocycles. The molecule has 0 spiro atoms. The molecule has 0 bridgehead atoms. The van der Waals surface area contributed by atoms with Crippen molar-refractivity contribution in [3.05, 3.63) is 70.1 Å². The van der Waals surface area contributed by atoms with Gasteiger partial charge in [0.1, 0.15) is 5.60 Å². The molecule has 0 saturated heterocycles. The van der Waals surface area contributed by atoms with Crippen LogP contribution >= 0.6 is 0 Å². The van der Waals surface area contributed by atoms with Gasteiger partial charge in [-0.3, -0.25) is 18.7 Å². The van der Waals surface area contributed by atoms with Crippen LogP contribution < -0.4 is 21.2 Å². The van der Waals surface area contributed by atoms with Gasteiger partial charge in [-0.2, -0.15) is 0 Å². The van der Waals surface area contributed by atoms with E-state index < -0.39 is 29.0 Å². The SMILES string of the molecule is Cn1c(=O)n(C)c2cc(N3C(=O)c4cccc5c(NCC6(NC(=O)OC(C)(C)C)CCCC6)ccc(c45)C3=O)ccc21. The molecule has 10 nitrogen and oxygen atoms in total. The highest BCUT2D eigenvalue weighted by Gasteiger charge is 2.38. The van der Waals surface area contributed by atoms with Gasteiger partial charge in [-0.25, -0.2) is 14.5 Å². The fourth-order valence-corrected chi connectivity index (χ4v) is 6.30. The number of aryl methyl sites for hydroxylation is 2. The number of benzene rings is 3. The lowest BCUT2D eigenvalue weighted by molar-refractivity contribution is 0.0462. The Morgan fingerprint density at radius 1 is 0.905 bits per heavy atom. The van der Waals surface area contributed by atoms with E-state index >= 15 is 0 Å². The topological polar surface area (TPSA) is 115 Å². The zero-order valence-corrected chi connectivity index (χ0v) is 24.5. The van der Waals surface area contributed by atoms with Crippen molar-refractivity contribution in [2.75, 3.05) is 16.8 Å². The van der Waals surface area contributed by atoms with E-state index in [2.05, 4.69) is 10.6 Å². The molecule has 1 saturated carbocycles. The van der Waals surface area contributed by atoms with Crippen LogP contribution in [0.2, 0.25) is 0 Å². The van der Waals surface area contributed by atoms with Crippen LogP contribution in [-0.4, -0.2) is 44.7 Å². The first-order valence-corrected chi connectivity index (χ1v) is 14.2. The molecule has 2 N–H and O–H groups in total. The van der Waals surface area contributed by atoms with Crippen molar-refractivity contribution in [2.45, 2.75) is 57.6 Å². The second kappa shape index (κ2) is 9.75. The van der Waals surface area contributed by atoms with Crippen molar-refractivity contribution in [2.24, 2.45) is 14.1 Å². The summed E-state index contributed by atoms with van der Waals surface area (Å²) in [6.07, 6.45) is 3.22. The Hall–Kier alpha value is -4.60. The number of carbonyl (C=O) groups is 3. The molecule has 2 aliphatic rings. The number of ether oxygens (including phenoxy) is 1. The minimum Gasteiger partial charge on any atom is -0.444 e. The average molecular weight is 570 g/mol. The fraction of sp³-hybridized carbons (Fsp3) is 0.375. The van der Waals surface area contributed by atoms with Crippen molar-refractivity contribution >= 4 is 51.1 Å². The van der Waals surface area contributed by atoms with E-state index in [1.54, 1.807) is 44.4 Å². The number of hydrogen-bond donors (Lipinski definition) is 2. The highest BCUT2D eigenvalue weighted by Crippen LogP contribution is 2.38. The van der Waals surface area contributed by atoms with Crippen molar-refractivity contribution < 1.29 is 19.1 Å². The van der Waals surface area contributed by atoms with E-state index in [9.17, 15) is 19.2 Å². The molecule has 1 aliphatic heterocycles. The third-order valence-electron chi connectivity index (χ3n) is 8.37. The molecule has 3 amide bonds. The summed E-state index contributed by atoms with van der Waals surface area (Å²) in [7, 11) is 3.35. The highest BCUT2D eigenvalue weighted by molar-refractivity contribution is 6.36. The van der Waals surface area contributed by atoms with E-state index in [1.807, 2.05) is 39.0 Å². The molecule has 218 valence electrons. The van der Waals surface area contributed by atoms with Crippen molar-refractivity contribution in [3.63, 3.8) is 0 Å². The minimum absolute atomic E-state index is 0.186. The Kier molecular flexibility index (Phi) is 6.40. The molecular weight excluding hydrogens is 534 g/mol. The zero-order chi connectivity index (χ0) is 30.0. The monoisotopic (exact) mass is 569 g/mol. The molecule has 4 aromatic rings. The Balaban J connectivity index is 1.33. The Labute approximate surface area is 243 Å². The Bertz CT molecular complexity index is 1820. The first kappa shape index (κ1) is 27.6. The molecule has 0 unspecified atom stereocenters. The first-order chi connectivity index (χ1) is 19.9. The number of imide groups is 1. The molecule has 1 fully saturated rings. The number of aromatic nitrogens is 2. The maximum Gasteiger partial charge on any atom is 0.408 e. The van der Waals surface area contributed by atoms with Crippen LogP contribution in [0, 0.1) is 0 Å². The number of hydrogen-bond acceptors (Lipinski definition) is 6. The van der Waals surface area contributed by atoms with E-state index in [0.717, 1.165) is 36.8 Å². The van der Waals surface area contributed by atoms with Crippen molar-refractivity contribution in [3.8, 4) is 0 Å². The zero-order valence-electron chi connectivity index (χ0n) is 24.5. The summed E-state index contributed by atoms with van der Waals surface area (Å²) in [5, 5.41) is 7.98. The molecular formula is C32H35N5O5. The number of nitrogens with one attached hydrogen (secondary N) is 2. The van der Waals surface area contributed by atoms with Gasteiger partial charge in [-0.05, 0) is 70.0 Å². The van der Waals surface area contributed by atoms with Gasteiger partial charge < -0.3 is 15.4 Å². The van der Waals surface area contributed by atoms with Gasteiger partial charge in [0.25, 0.3) is 11.8 Å². The molecule has 3 aromatic carbocycles. The van der Waals surface area contributed by atoms with Crippen LogP contribution in [0.3, 0.4) is 0 Å². The lowest BCUT2D eigenvalue weighted by atomic mass is 9.92. The van der Waals surface area contributed by atoms with Crippen LogP contribution in [0.1, 0.15) is 67.2 Å². The van der Waals surface area contributed by atoms with Gasteiger partial charge in [0.15, 0.2) is 0 Å². The molecule has 42 heavy (non-hydrogen) atoms. The fourth-order valence-electron chi connectivity index (χ4n) is 6.30. The lowest BCUT2D eigenvalue weighted by Gasteiger charge is -2.33. The van der Waals surface area contributed by atoms with Crippen LogP contribution in [0.4, 0.5) is 16.2 Å². The number of nitrogens with zero attached hydrogens (tertiary/aromatic N) is 3. The van der Waals surface area contributed by atoms with Gasteiger partial charge in [-0.1, -0.05) is 25.0 Å². The molecule has 1 aromatic heterocycles. The summed E-state index contributed by atoms with van der Waals surface area (Å²) in [5.41, 5.74) is 2.14. The van der Waals surface area contributed by atoms with E-state index in [0.29, 0.717) is 39.8 Å². The quantitative estimate of drug-likeness (QED) is 0.324. The normalized spacial score (nSPS) is 16.4. The number of imidazole rings is 1. The Morgan fingerprint density at radius 3 is 2.26 bits per heavy atom. The van der Waals surface area contributed by atoms with Gasteiger partial charge in [0.2, 0.25) is 0 Å². The van der Waals surface area contributed by atoms with Gasteiger partial charge in [-0.15, -0.1) is 0 Å². The summed E-state index contributed by atoms with van der Waals surface area (Å²) in [5.74, 6) is -0.844. The maximum atomic E-state index is 13.8. The molecule has 0 atom stereocenters. The predicted octanol–water partition coefficient (Wildman–Crippen LogP) is 5.08. The summed E-state index contributed by atoms with van der Waals surface area (Å²) < 4.78 is 8.56. The van der Waals surface area contributed by atoms with Gasteiger partial charge in [0, 0.05) is 48.2 Å². The van der Waals surface area contributed by atoms with Gasteiger partial charge >= 0.3 is 11.8 Å². The van der Waals surface area contributed by atoms with E-state index in [4.69, 9.17) is 4.74 Å². The largest absolute Gasteiger partial charge is 0.444 e. The standard InChI is InChI=1S/C32H35N5O5/c1-31(2,3)42-29(40)34-32(15-6-7-16-32)18-33-23-13-12-22-26-20(23)9-8-10-21(26)27(38)37(28(22)39)19-11-14-24-25(17-19)36(5)30(41)35(24)4/h8-14,17,33H,6-7,15-16,18H2,1-5H3,(H,34,40).